The van der Waals surface area contributed by atoms with Crippen LogP contribution in [0.1, 0.15) is 33.6 Å². The maximum absolute atomic E-state index is 12.7. The third-order valence-electron chi connectivity index (χ3n) is 4.96. The third-order valence-corrected chi connectivity index (χ3v) is 4.96. The highest BCUT2D eigenvalue weighted by molar-refractivity contribution is 5.89. The van der Waals surface area contributed by atoms with Crippen LogP contribution in [-0.4, -0.2) is 48.3 Å². The van der Waals surface area contributed by atoms with Gasteiger partial charge in [0.15, 0.2) is 0 Å². The second kappa shape index (κ2) is 5.12. The smallest absolute Gasteiger partial charge is 0.377 e. The summed E-state index contributed by atoms with van der Waals surface area (Å²) < 4.78 is 43.7. The second-order valence-electron chi connectivity index (χ2n) is 6.62. The van der Waals surface area contributed by atoms with E-state index in [4.69, 9.17) is 10.5 Å². The first-order valence-corrected chi connectivity index (χ1v) is 7.32. The lowest BCUT2D eigenvalue weighted by molar-refractivity contribution is -0.195. The van der Waals surface area contributed by atoms with Gasteiger partial charge in [0, 0.05) is 24.5 Å². The lowest BCUT2D eigenvalue weighted by Crippen LogP contribution is -2.80. The zero-order valence-electron chi connectivity index (χ0n) is 12.7. The second-order valence-corrected chi connectivity index (χ2v) is 6.62. The van der Waals surface area contributed by atoms with E-state index in [1.54, 1.807) is 20.8 Å². The molecule has 0 bridgehead atoms. The van der Waals surface area contributed by atoms with E-state index in [0.29, 0.717) is 19.4 Å². The molecule has 4 nitrogen and oxygen atoms in total. The van der Waals surface area contributed by atoms with E-state index < -0.39 is 29.6 Å². The molecule has 2 N–H and O–H groups in total. The highest BCUT2D eigenvalue weighted by atomic mass is 19.4. The molecule has 1 amide bonds. The normalized spacial score (nSPS) is 34.2. The predicted octanol–water partition coefficient (Wildman–Crippen LogP) is 1.93. The summed E-state index contributed by atoms with van der Waals surface area (Å²) >= 11 is 0. The predicted molar refractivity (Wildman–Crippen MR) is 71.5 cm³/mol. The standard InChI is InChI=1S/C14H23F3N2O2/c1-4-6-19(8-13(15,16)17)11(20)14(18)9-5-7-21-10(9)12(14,2)3/h9-10H,4-8,18H2,1-3H3. The molecule has 0 radical (unpaired) electrons. The van der Waals surface area contributed by atoms with Gasteiger partial charge in [-0.05, 0) is 12.8 Å². The molecule has 3 unspecified atom stereocenters. The molecule has 122 valence electrons. The summed E-state index contributed by atoms with van der Waals surface area (Å²) in [6.07, 6.45) is -3.47. The molecule has 0 aromatic rings. The van der Waals surface area contributed by atoms with Crippen LogP contribution in [0.2, 0.25) is 0 Å². The summed E-state index contributed by atoms with van der Waals surface area (Å²) in [5.41, 5.74) is 4.40. The molecule has 21 heavy (non-hydrogen) atoms. The van der Waals surface area contributed by atoms with Gasteiger partial charge in [0.2, 0.25) is 5.91 Å². The Morgan fingerprint density at radius 3 is 2.57 bits per heavy atom. The molecule has 2 rings (SSSR count). The molecule has 1 saturated carbocycles. The van der Waals surface area contributed by atoms with Gasteiger partial charge in [0.05, 0.1) is 6.10 Å². The Morgan fingerprint density at radius 1 is 1.43 bits per heavy atom. The number of ether oxygens (including phenoxy) is 1. The van der Waals surface area contributed by atoms with Crippen molar-refractivity contribution in [1.82, 2.24) is 4.90 Å². The van der Waals surface area contributed by atoms with Crippen LogP contribution < -0.4 is 5.73 Å². The number of nitrogens with zero attached hydrogens (tertiary/aromatic N) is 1. The van der Waals surface area contributed by atoms with Crippen molar-refractivity contribution in [2.45, 2.75) is 51.4 Å². The van der Waals surface area contributed by atoms with E-state index in [-0.39, 0.29) is 18.6 Å². The third kappa shape index (κ3) is 2.44. The summed E-state index contributed by atoms with van der Waals surface area (Å²) in [5, 5.41) is 0. The van der Waals surface area contributed by atoms with Crippen LogP contribution in [-0.2, 0) is 9.53 Å². The van der Waals surface area contributed by atoms with Crippen LogP contribution in [0.5, 0.6) is 0 Å². The number of hydrogen-bond donors (Lipinski definition) is 1. The number of alkyl halides is 3. The van der Waals surface area contributed by atoms with Gasteiger partial charge >= 0.3 is 6.18 Å². The van der Waals surface area contributed by atoms with E-state index >= 15 is 0 Å². The van der Waals surface area contributed by atoms with Crippen molar-refractivity contribution in [1.29, 1.82) is 0 Å². The van der Waals surface area contributed by atoms with E-state index in [1.165, 1.54) is 0 Å². The minimum atomic E-state index is -4.42. The molecule has 7 heteroatoms. The first kappa shape index (κ1) is 16.5. The molecule has 1 heterocycles. The number of hydrogen-bond acceptors (Lipinski definition) is 3. The number of carbonyl (C=O) groups is 1. The largest absolute Gasteiger partial charge is 0.406 e. The fraction of sp³-hybridized carbons (Fsp3) is 0.929. The van der Waals surface area contributed by atoms with Crippen molar-refractivity contribution < 1.29 is 22.7 Å². The first-order valence-electron chi connectivity index (χ1n) is 7.32. The Bertz CT molecular complexity index is 425. The van der Waals surface area contributed by atoms with Crippen LogP contribution in [0, 0.1) is 11.3 Å². The van der Waals surface area contributed by atoms with E-state index in [0.717, 1.165) is 4.90 Å². The molecular formula is C14H23F3N2O2. The Balaban J connectivity index is 2.23. The van der Waals surface area contributed by atoms with E-state index in [9.17, 15) is 18.0 Å². The molecular weight excluding hydrogens is 285 g/mol. The Labute approximate surface area is 122 Å². The average molecular weight is 308 g/mol. The molecule has 1 aliphatic carbocycles. The highest BCUT2D eigenvalue weighted by Crippen LogP contribution is 2.58. The van der Waals surface area contributed by atoms with Crippen LogP contribution in [0.3, 0.4) is 0 Å². The monoisotopic (exact) mass is 308 g/mol. The van der Waals surface area contributed by atoms with Crippen molar-refractivity contribution in [3.8, 4) is 0 Å². The Kier molecular flexibility index (Phi) is 4.04. The summed E-state index contributed by atoms with van der Waals surface area (Å²) in [6.45, 7) is 4.67. The molecule has 0 aromatic heterocycles. The lowest BCUT2D eigenvalue weighted by Gasteiger charge is -2.61. The van der Waals surface area contributed by atoms with Gasteiger partial charge in [-0.2, -0.15) is 13.2 Å². The minimum Gasteiger partial charge on any atom is -0.377 e. The zero-order valence-corrected chi connectivity index (χ0v) is 12.7. The quantitative estimate of drug-likeness (QED) is 0.863. The van der Waals surface area contributed by atoms with Gasteiger partial charge in [-0.3, -0.25) is 4.79 Å². The number of nitrogens with two attached hydrogens (primary N) is 1. The highest BCUT2D eigenvalue weighted by Gasteiger charge is 2.72. The van der Waals surface area contributed by atoms with Gasteiger partial charge < -0.3 is 15.4 Å². The maximum atomic E-state index is 12.7. The van der Waals surface area contributed by atoms with Gasteiger partial charge in [-0.1, -0.05) is 20.8 Å². The van der Waals surface area contributed by atoms with Crippen molar-refractivity contribution in [2.75, 3.05) is 19.7 Å². The van der Waals surface area contributed by atoms with Crippen molar-refractivity contribution >= 4 is 5.91 Å². The molecule has 2 aliphatic rings. The average Bonchev–Trinajstić information content (AvgIpc) is 2.82. The van der Waals surface area contributed by atoms with E-state index in [2.05, 4.69) is 0 Å². The molecule has 2 fully saturated rings. The maximum Gasteiger partial charge on any atom is 0.406 e. The zero-order chi connectivity index (χ0) is 16.1. The molecule has 1 aliphatic heterocycles. The first-order chi connectivity index (χ1) is 9.55. The minimum absolute atomic E-state index is 0.0611. The number of rotatable bonds is 4. The fourth-order valence-corrected chi connectivity index (χ4v) is 3.82. The summed E-state index contributed by atoms with van der Waals surface area (Å²) in [7, 11) is 0. The summed E-state index contributed by atoms with van der Waals surface area (Å²) in [6, 6.07) is 0. The lowest BCUT2D eigenvalue weighted by atomic mass is 9.47. The number of fused-ring (bicyclic) bond motifs is 1. The van der Waals surface area contributed by atoms with Gasteiger partial charge in [0.1, 0.15) is 12.1 Å². The van der Waals surface area contributed by atoms with Crippen LogP contribution in [0.4, 0.5) is 13.2 Å². The topological polar surface area (TPSA) is 55.6 Å². The van der Waals surface area contributed by atoms with Crippen molar-refractivity contribution in [3.63, 3.8) is 0 Å². The van der Waals surface area contributed by atoms with Crippen molar-refractivity contribution in [3.05, 3.63) is 0 Å². The van der Waals surface area contributed by atoms with Crippen LogP contribution in [0.15, 0.2) is 0 Å². The van der Waals surface area contributed by atoms with Crippen molar-refractivity contribution in [2.24, 2.45) is 17.1 Å². The van der Waals surface area contributed by atoms with E-state index in [1.807, 2.05) is 0 Å². The molecule has 1 saturated heterocycles. The Morgan fingerprint density at radius 2 is 2.05 bits per heavy atom. The fourth-order valence-electron chi connectivity index (χ4n) is 3.82. The number of halogens is 3. The summed E-state index contributed by atoms with van der Waals surface area (Å²) in [4.78, 5) is 13.6. The van der Waals surface area contributed by atoms with Gasteiger partial charge in [-0.25, -0.2) is 0 Å². The Hall–Kier alpha value is -0.820. The SMILES string of the molecule is CCCN(CC(F)(F)F)C(=O)C1(N)C2CCOC2C1(C)C. The van der Waals surface area contributed by atoms with Crippen LogP contribution >= 0.6 is 0 Å². The molecule has 3 atom stereocenters. The van der Waals surface area contributed by atoms with Gasteiger partial charge in [-0.15, -0.1) is 0 Å². The van der Waals surface area contributed by atoms with Crippen LogP contribution in [0.25, 0.3) is 0 Å². The van der Waals surface area contributed by atoms with Gasteiger partial charge in [0.25, 0.3) is 0 Å². The summed E-state index contributed by atoms with van der Waals surface area (Å²) in [5.74, 6) is -0.786. The number of amides is 1. The number of carbonyl (C=O) groups excluding carboxylic acids is 1. The molecule has 0 spiro atoms. The molecule has 0 aromatic carbocycles.